The van der Waals surface area contributed by atoms with E-state index in [2.05, 4.69) is 25.2 Å². The molecular formula is C28H35N9O4. The number of hydrogen-bond donors (Lipinski definition) is 1. The molecule has 0 spiro atoms. The highest BCUT2D eigenvalue weighted by Crippen LogP contribution is 2.31. The second kappa shape index (κ2) is 11.3. The summed E-state index contributed by atoms with van der Waals surface area (Å²) in [5.41, 5.74) is 1.59. The van der Waals surface area contributed by atoms with Crippen LogP contribution in [0.15, 0.2) is 35.4 Å². The second-order valence-corrected chi connectivity index (χ2v) is 10.8. The number of aryl methyl sites for hydroxylation is 1. The summed E-state index contributed by atoms with van der Waals surface area (Å²) >= 11 is 0. The lowest BCUT2D eigenvalue weighted by Crippen LogP contribution is -2.37. The minimum Gasteiger partial charge on any atom is -0.474 e. The number of nitrogens with one attached hydrogen (secondary N) is 1. The molecule has 1 saturated heterocycles. The maximum atomic E-state index is 12.8. The molecule has 1 amide bonds. The topological polar surface area (TPSA) is 133 Å². The molecule has 13 nitrogen and oxygen atoms in total. The van der Waals surface area contributed by atoms with Crippen molar-refractivity contribution >= 4 is 39.7 Å². The SMILES string of the molecule is CN(C)C(=O)Cn1c(=O)n(C)c2nc(NC3CCC(Oc4nc(N5CCOCC5)cc5ncccc45)CC3)ncc21. The molecule has 2 aliphatic rings. The Morgan fingerprint density at radius 2 is 1.93 bits per heavy atom. The van der Waals surface area contributed by atoms with Crippen LogP contribution in [-0.2, 0) is 23.1 Å². The van der Waals surface area contributed by atoms with Crippen LogP contribution in [0, 0.1) is 0 Å². The second-order valence-electron chi connectivity index (χ2n) is 10.8. The number of hydrogen-bond acceptors (Lipinski definition) is 10. The lowest BCUT2D eigenvalue weighted by molar-refractivity contribution is -0.129. The van der Waals surface area contributed by atoms with Gasteiger partial charge in [-0.05, 0) is 37.8 Å². The van der Waals surface area contributed by atoms with Gasteiger partial charge in [0.25, 0.3) is 0 Å². The van der Waals surface area contributed by atoms with E-state index < -0.39 is 0 Å². The average Bonchev–Trinajstić information content (AvgIpc) is 3.22. The Labute approximate surface area is 237 Å². The number of carbonyl (C=O) groups is 1. The molecule has 4 aromatic heterocycles. The van der Waals surface area contributed by atoms with Crippen molar-refractivity contribution < 1.29 is 14.3 Å². The quantitative estimate of drug-likeness (QED) is 0.356. The number of likely N-dealkylation sites (N-methyl/N-ethyl adjacent to an activating group) is 1. The van der Waals surface area contributed by atoms with Gasteiger partial charge in [-0.2, -0.15) is 9.97 Å². The number of imidazole rings is 1. The summed E-state index contributed by atoms with van der Waals surface area (Å²) in [6, 6.07) is 6.11. The van der Waals surface area contributed by atoms with Gasteiger partial charge in [0.1, 0.15) is 24.0 Å². The van der Waals surface area contributed by atoms with E-state index in [4.69, 9.17) is 14.5 Å². The normalized spacial score (nSPS) is 19.4. The lowest BCUT2D eigenvalue weighted by atomic mass is 9.93. The van der Waals surface area contributed by atoms with E-state index in [1.54, 1.807) is 33.5 Å². The smallest absolute Gasteiger partial charge is 0.330 e. The summed E-state index contributed by atoms with van der Waals surface area (Å²) < 4.78 is 14.9. The number of amides is 1. The van der Waals surface area contributed by atoms with Gasteiger partial charge in [0, 0.05) is 52.5 Å². The summed E-state index contributed by atoms with van der Waals surface area (Å²) in [5, 5.41) is 4.35. The van der Waals surface area contributed by atoms with Gasteiger partial charge in [0.15, 0.2) is 5.65 Å². The van der Waals surface area contributed by atoms with Gasteiger partial charge in [-0.3, -0.25) is 18.9 Å². The fraction of sp³-hybridized carbons (Fsp3) is 0.500. The van der Waals surface area contributed by atoms with Crippen LogP contribution in [0.2, 0.25) is 0 Å². The minimum absolute atomic E-state index is 0.0383. The first-order chi connectivity index (χ1) is 19.9. The lowest BCUT2D eigenvalue weighted by Gasteiger charge is -2.31. The third-order valence-electron chi connectivity index (χ3n) is 7.84. The fourth-order valence-electron chi connectivity index (χ4n) is 5.42. The fourth-order valence-corrected chi connectivity index (χ4v) is 5.42. The predicted octanol–water partition coefficient (Wildman–Crippen LogP) is 1.80. The van der Waals surface area contributed by atoms with Crippen molar-refractivity contribution in [2.75, 3.05) is 50.6 Å². The van der Waals surface area contributed by atoms with Gasteiger partial charge in [-0.25, -0.2) is 9.78 Å². The highest BCUT2D eigenvalue weighted by molar-refractivity contribution is 5.85. The van der Waals surface area contributed by atoms with Crippen LogP contribution in [0.25, 0.3) is 22.1 Å². The van der Waals surface area contributed by atoms with Gasteiger partial charge in [0.2, 0.25) is 17.7 Å². The van der Waals surface area contributed by atoms with Crippen LogP contribution in [0.4, 0.5) is 11.8 Å². The molecule has 216 valence electrons. The van der Waals surface area contributed by atoms with Crippen molar-refractivity contribution in [2.45, 2.75) is 44.4 Å². The third kappa shape index (κ3) is 5.53. The highest BCUT2D eigenvalue weighted by Gasteiger charge is 2.26. The molecular weight excluding hydrogens is 526 g/mol. The molecule has 0 atom stereocenters. The first kappa shape index (κ1) is 26.9. The minimum atomic E-state index is -0.298. The Bertz CT molecular complexity index is 1620. The van der Waals surface area contributed by atoms with E-state index in [-0.39, 0.29) is 30.3 Å². The summed E-state index contributed by atoms with van der Waals surface area (Å²) in [4.78, 5) is 47.2. The first-order valence-corrected chi connectivity index (χ1v) is 14.0. The number of carbonyl (C=O) groups excluding carboxylic acids is 1. The summed E-state index contributed by atoms with van der Waals surface area (Å²) in [6.45, 7) is 2.90. The molecule has 0 bridgehead atoms. The third-order valence-corrected chi connectivity index (χ3v) is 7.84. The van der Waals surface area contributed by atoms with Crippen molar-refractivity contribution in [1.82, 2.24) is 34.0 Å². The van der Waals surface area contributed by atoms with Gasteiger partial charge in [-0.15, -0.1) is 0 Å². The standard InChI is InChI=1S/C28H35N9O4/c1-34(2)24(38)17-37-22-16-30-27(33-25(22)35(3)28(37)39)31-18-6-8-19(9-7-18)41-26-20-5-4-10-29-21(20)15-23(32-26)36-11-13-40-14-12-36/h4-5,10,15-16,18-19H,6-9,11-14,17H2,1-3H3,(H,30,31,33). The molecule has 1 saturated carbocycles. The van der Waals surface area contributed by atoms with Crippen molar-refractivity contribution in [2.24, 2.45) is 7.05 Å². The van der Waals surface area contributed by atoms with Crippen molar-refractivity contribution in [1.29, 1.82) is 0 Å². The van der Waals surface area contributed by atoms with Gasteiger partial charge < -0.3 is 24.6 Å². The van der Waals surface area contributed by atoms with Crippen molar-refractivity contribution in [3.63, 3.8) is 0 Å². The number of fused-ring (bicyclic) bond motifs is 2. The van der Waals surface area contributed by atoms with Crippen LogP contribution >= 0.6 is 0 Å². The number of ether oxygens (including phenoxy) is 2. The van der Waals surface area contributed by atoms with Crippen molar-refractivity contribution in [3.8, 4) is 5.88 Å². The molecule has 5 heterocycles. The van der Waals surface area contributed by atoms with Gasteiger partial charge >= 0.3 is 5.69 Å². The van der Waals surface area contributed by atoms with E-state index in [1.807, 2.05) is 18.2 Å². The molecule has 0 radical (unpaired) electrons. The number of nitrogens with zero attached hydrogens (tertiary/aromatic N) is 8. The number of rotatable bonds is 7. The Morgan fingerprint density at radius 3 is 2.68 bits per heavy atom. The molecule has 41 heavy (non-hydrogen) atoms. The number of pyridine rings is 2. The molecule has 1 N–H and O–H groups in total. The zero-order chi connectivity index (χ0) is 28.5. The zero-order valence-electron chi connectivity index (χ0n) is 23.6. The van der Waals surface area contributed by atoms with Crippen LogP contribution < -0.4 is 20.6 Å². The van der Waals surface area contributed by atoms with Crippen molar-refractivity contribution in [3.05, 3.63) is 41.1 Å². The Morgan fingerprint density at radius 1 is 1.15 bits per heavy atom. The average molecular weight is 562 g/mol. The number of anilines is 2. The summed E-state index contributed by atoms with van der Waals surface area (Å²) in [5.74, 6) is 1.78. The zero-order valence-corrected chi connectivity index (χ0v) is 23.6. The number of morpholine rings is 1. The first-order valence-electron chi connectivity index (χ1n) is 14.0. The van der Waals surface area contributed by atoms with Crippen LogP contribution in [-0.4, -0.2) is 92.4 Å². The molecule has 4 aromatic rings. The molecule has 1 aliphatic heterocycles. The molecule has 1 aliphatic carbocycles. The van der Waals surface area contributed by atoms with E-state index >= 15 is 0 Å². The Hall–Kier alpha value is -4.26. The summed E-state index contributed by atoms with van der Waals surface area (Å²) in [7, 11) is 4.98. The van der Waals surface area contributed by atoms with Gasteiger partial charge in [0.05, 0.1) is 30.3 Å². The Kier molecular flexibility index (Phi) is 7.43. The molecule has 13 heteroatoms. The van der Waals surface area contributed by atoms with Crippen LogP contribution in [0.1, 0.15) is 25.7 Å². The largest absolute Gasteiger partial charge is 0.474 e. The number of aromatic nitrogens is 6. The maximum absolute atomic E-state index is 12.8. The maximum Gasteiger partial charge on any atom is 0.330 e. The van der Waals surface area contributed by atoms with Gasteiger partial charge in [-0.1, -0.05) is 0 Å². The van der Waals surface area contributed by atoms with Crippen LogP contribution in [0.3, 0.4) is 0 Å². The highest BCUT2D eigenvalue weighted by atomic mass is 16.5. The molecule has 2 fully saturated rings. The summed E-state index contributed by atoms with van der Waals surface area (Å²) in [6.07, 6.45) is 6.90. The molecule has 6 rings (SSSR count). The van der Waals surface area contributed by atoms with E-state index in [0.29, 0.717) is 36.2 Å². The van der Waals surface area contributed by atoms with E-state index in [9.17, 15) is 9.59 Å². The molecule has 0 unspecified atom stereocenters. The van der Waals surface area contributed by atoms with E-state index in [0.717, 1.165) is 55.5 Å². The Balaban J connectivity index is 1.13. The molecule has 0 aromatic carbocycles. The monoisotopic (exact) mass is 561 g/mol. The van der Waals surface area contributed by atoms with E-state index in [1.165, 1.54) is 14.0 Å². The van der Waals surface area contributed by atoms with Crippen LogP contribution in [0.5, 0.6) is 5.88 Å². The predicted molar refractivity (Wildman–Crippen MR) is 154 cm³/mol.